The van der Waals surface area contributed by atoms with Crippen LogP contribution < -0.4 is 9.47 Å². The van der Waals surface area contributed by atoms with Gasteiger partial charge in [0.1, 0.15) is 11.5 Å². The maximum Gasteiger partial charge on any atom is 0.343 e. The van der Waals surface area contributed by atoms with Crippen LogP contribution in [0.5, 0.6) is 11.5 Å². The number of nitriles is 1. The molecule has 0 bridgehead atoms. The van der Waals surface area contributed by atoms with Crippen molar-refractivity contribution in [2.24, 2.45) is 0 Å². The van der Waals surface area contributed by atoms with Crippen molar-refractivity contribution >= 4 is 5.97 Å². The molecule has 35 heavy (non-hydrogen) atoms. The Hall–Kier alpha value is -3.65. The minimum absolute atomic E-state index is 0.413. The zero-order valence-electron chi connectivity index (χ0n) is 20.5. The van der Waals surface area contributed by atoms with Gasteiger partial charge in [0.25, 0.3) is 0 Å². The average molecular weight is 471 g/mol. The minimum atomic E-state index is -0.421. The second-order valence-corrected chi connectivity index (χ2v) is 8.68. The fourth-order valence-electron chi connectivity index (χ4n) is 3.74. The monoisotopic (exact) mass is 470 g/mol. The molecule has 0 aliphatic carbocycles. The zero-order valence-corrected chi connectivity index (χ0v) is 20.5. The highest BCUT2D eigenvalue weighted by molar-refractivity contribution is 5.91. The van der Waals surface area contributed by atoms with Gasteiger partial charge in [0.05, 0.1) is 30.0 Å². The third kappa shape index (κ3) is 9.25. The normalized spacial score (nSPS) is 10.5. The van der Waals surface area contributed by atoms with E-state index >= 15 is 0 Å². The maximum atomic E-state index is 12.5. The number of aromatic nitrogens is 1. The highest BCUT2D eigenvalue weighted by Gasteiger charge is 2.09. The van der Waals surface area contributed by atoms with Crippen molar-refractivity contribution in [2.75, 3.05) is 6.61 Å². The SMILES string of the molecule is CCCCCCCCCOc1ccc(C(=O)Oc2ccc(CCc3ccc(C#N)cc3)nc2)cc1. The predicted octanol–water partition coefficient (Wildman–Crippen LogP) is 7.09. The van der Waals surface area contributed by atoms with Crippen LogP contribution in [0.1, 0.15) is 79.0 Å². The number of unbranched alkanes of at least 4 members (excludes halogenated alkanes) is 6. The molecule has 0 N–H and O–H groups in total. The lowest BCUT2D eigenvalue weighted by Crippen LogP contribution is -2.09. The first-order valence-electron chi connectivity index (χ1n) is 12.6. The summed E-state index contributed by atoms with van der Waals surface area (Å²) in [5.41, 5.74) is 3.19. The van der Waals surface area contributed by atoms with Crippen LogP contribution in [0, 0.1) is 11.3 Å². The molecule has 5 heteroatoms. The molecule has 5 nitrogen and oxygen atoms in total. The van der Waals surface area contributed by atoms with Crippen molar-refractivity contribution < 1.29 is 14.3 Å². The predicted molar refractivity (Wildman–Crippen MR) is 138 cm³/mol. The van der Waals surface area contributed by atoms with E-state index in [0.717, 1.165) is 36.3 Å². The molecule has 0 spiro atoms. The molecule has 0 atom stereocenters. The van der Waals surface area contributed by atoms with E-state index in [-0.39, 0.29) is 0 Å². The molecule has 1 aromatic heterocycles. The van der Waals surface area contributed by atoms with Crippen LogP contribution in [0.4, 0.5) is 0 Å². The molecule has 182 valence electrons. The Morgan fingerprint density at radius 3 is 2.17 bits per heavy atom. The van der Waals surface area contributed by atoms with Gasteiger partial charge >= 0.3 is 5.97 Å². The molecule has 0 unspecified atom stereocenters. The summed E-state index contributed by atoms with van der Waals surface area (Å²) >= 11 is 0. The number of hydrogen-bond acceptors (Lipinski definition) is 5. The number of benzene rings is 2. The Kier molecular flexibility index (Phi) is 10.8. The highest BCUT2D eigenvalue weighted by Crippen LogP contribution is 2.17. The van der Waals surface area contributed by atoms with Crippen LogP contribution in [-0.4, -0.2) is 17.6 Å². The van der Waals surface area contributed by atoms with Gasteiger partial charge in [-0.15, -0.1) is 0 Å². The third-order valence-electron chi connectivity index (χ3n) is 5.87. The molecular formula is C30H34N2O3. The van der Waals surface area contributed by atoms with Gasteiger partial charge in [-0.25, -0.2) is 4.79 Å². The van der Waals surface area contributed by atoms with E-state index < -0.39 is 5.97 Å². The van der Waals surface area contributed by atoms with Crippen LogP contribution in [0.3, 0.4) is 0 Å². The van der Waals surface area contributed by atoms with Gasteiger partial charge in [0.15, 0.2) is 0 Å². The number of pyridine rings is 1. The number of hydrogen-bond donors (Lipinski definition) is 0. The van der Waals surface area contributed by atoms with Crippen LogP contribution in [0.25, 0.3) is 0 Å². The molecular weight excluding hydrogens is 436 g/mol. The molecule has 0 fully saturated rings. The van der Waals surface area contributed by atoms with E-state index in [1.165, 1.54) is 38.5 Å². The summed E-state index contributed by atoms with van der Waals surface area (Å²) in [6, 6.07) is 20.4. The second-order valence-electron chi connectivity index (χ2n) is 8.68. The Morgan fingerprint density at radius 2 is 1.51 bits per heavy atom. The summed E-state index contributed by atoms with van der Waals surface area (Å²) in [7, 11) is 0. The second kappa shape index (κ2) is 14.6. The Bertz CT molecular complexity index is 1070. The standard InChI is InChI=1S/C30H34N2O3/c1-2-3-4-5-6-7-8-21-34-28-18-14-26(15-19-28)30(33)35-29-20-17-27(32-23-29)16-13-24-9-11-25(22-31)12-10-24/h9-12,14-15,17-20,23H,2-8,13,16,21H2,1H3. The first kappa shape index (κ1) is 26.0. The van der Waals surface area contributed by atoms with Gasteiger partial charge in [-0.2, -0.15) is 5.26 Å². The van der Waals surface area contributed by atoms with Crippen LogP contribution >= 0.6 is 0 Å². The van der Waals surface area contributed by atoms with Crippen LogP contribution in [0.2, 0.25) is 0 Å². The maximum absolute atomic E-state index is 12.5. The van der Waals surface area contributed by atoms with E-state index in [4.69, 9.17) is 14.7 Å². The van der Waals surface area contributed by atoms with Gasteiger partial charge < -0.3 is 9.47 Å². The number of esters is 1. The molecule has 0 saturated heterocycles. The number of nitrogens with zero attached hydrogens (tertiary/aromatic N) is 2. The minimum Gasteiger partial charge on any atom is -0.494 e. The summed E-state index contributed by atoms with van der Waals surface area (Å²) in [4.78, 5) is 16.9. The van der Waals surface area contributed by atoms with Crippen molar-refractivity contribution in [3.8, 4) is 17.6 Å². The number of carbonyl (C=O) groups is 1. The van der Waals surface area contributed by atoms with E-state index in [1.807, 2.05) is 42.5 Å². The smallest absolute Gasteiger partial charge is 0.343 e. The topological polar surface area (TPSA) is 72.2 Å². The Morgan fingerprint density at radius 1 is 0.829 bits per heavy atom. The summed E-state index contributed by atoms with van der Waals surface area (Å²) in [6.45, 7) is 2.93. The van der Waals surface area contributed by atoms with Gasteiger partial charge in [0.2, 0.25) is 0 Å². The number of aryl methyl sites for hydroxylation is 2. The highest BCUT2D eigenvalue weighted by atomic mass is 16.5. The molecule has 0 aliphatic heterocycles. The summed E-state index contributed by atoms with van der Waals surface area (Å²) in [5.74, 6) is 0.757. The molecule has 0 saturated carbocycles. The number of ether oxygens (including phenoxy) is 2. The van der Waals surface area contributed by atoms with Gasteiger partial charge in [-0.05, 0) is 73.4 Å². The molecule has 2 aromatic carbocycles. The molecule has 0 amide bonds. The van der Waals surface area contributed by atoms with Gasteiger partial charge in [0, 0.05) is 5.69 Å². The quantitative estimate of drug-likeness (QED) is 0.186. The van der Waals surface area contributed by atoms with Crippen molar-refractivity contribution in [2.45, 2.75) is 64.7 Å². The molecule has 3 rings (SSSR count). The zero-order chi connectivity index (χ0) is 24.7. The van der Waals surface area contributed by atoms with Crippen molar-refractivity contribution in [3.63, 3.8) is 0 Å². The first-order chi connectivity index (χ1) is 17.2. The fraction of sp³-hybridized carbons (Fsp3) is 0.367. The Labute approximate surface area is 208 Å². The number of carbonyl (C=O) groups excluding carboxylic acids is 1. The van der Waals surface area contributed by atoms with Crippen molar-refractivity contribution in [1.82, 2.24) is 4.98 Å². The number of rotatable bonds is 14. The van der Waals surface area contributed by atoms with Gasteiger partial charge in [-0.1, -0.05) is 57.6 Å². The molecule has 3 aromatic rings. The fourth-order valence-corrected chi connectivity index (χ4v) is 3.74. The van der Waals surface area contributed by atoms with Crippen molar-refractivity contribution in [1.29, 1.82) is 5.26 Å². The largest absolute Gasteiger partial charge is 0.494 e. The van der Waals surface area contributed by atoms with Crippen LogP contribution in [-0.2, 0) is 12.8 Å². The first-order valence-corrected chi connectivity index (χ1v) is 12.6. The third-order valence-corrected chi connectivity index (χ3v) is 5.87. The van der Waals surface area contributed by atoms with E-state index in [0.29, 0.717) is 23.5 Å². The lowest BCUT2D eigenvalue weighted by molar-refractivity contribution is 0.0734. The average Bonchev–Trinajstić information content (AvgIpc) is 2.90. The van der Waals surface area contributed by atoms with Crippen LogP contribution in [0.15, 0.2) is 66.9 Å². The molecule has 0 radical (unpaired) electrons. The summed E-state index contributed by atoms with van der Waals surface area (Å²) in [6.07, 6.45) is 11.9. The van der Waals surface area contributed by atoms with E-state index in [2.05, 4.69) is 18.0 Å². The molecule has 1 heterocycles. The lowest BCUT2D eigenvalue weighted by atomic mass is 10.1. The summed E-state index contributed by atoms with van der Waals surface area (Å²) < 4.78 is 11.3. The van der Waals surface area contributed by atoms with Crippen molar-refractivity contribution in [3.05, 3.63) is 89.2 Å². The van der Waals surface area contributed by atoms with E-state index in [1.54, 1.807) is 24.4 Å². The Balaban J connectivity index is 1.38. The summed E-state index contributed by atoms with van der Waals surface area (Å²) in [5, 5.41) is 8.88. The van der Waals surface area contributed by atoms with Gasteiger partial charge in [-0.3, -0.25) is 4.98 Å². The lowest BCUT2D eigenvalue weighted by Gasteiger charge is -2.08. The van der Waals surface area contributed by atoms with E-state index in [9.17, 15) is 4.79 Å². The molecule has 0 aliphatic rings.